The fourth-order valence-corrected chi connectivity index (χ4v) is 2.57. The maximum absolute atomic E-state index is 6.22. The van der Waals surface area contributed by atoms with E-state index >= 15 is 0 Å². The molecule has 2 unspecified atom stereocenters. The summed E-state index contributed by atoms with van der Waals surface area (Å²) in [6.45, 7) is 9.79. The van der Waals surface area contributed by atoms with Crippen LogP contribution in [0.4, 0.5) is 0 Å². The second-order valence-electron chi connectivity index (χ2n) is 6.80. The molecule has 0 N–H and O–H groups in total. The van der Waals surface area contributed by atoms with Gasteiger partial charge in [0.15, 0.2) is 0 Å². The van der Waals surface area contributed by atoms with E-state index in [-0.39, 0.29) is 17.6 Å². The summed E-state index contributed by atoms with van der Waals surface area (Å²) in [6.07, 6.45) is 1.07. The Morgan fingerprint density at radius 2 is 1.90 bits per heavy atom. The van der Waals surface area contributed by atoms with E-state index in [9.17, 15) is 0 Å². The Morgan fingerprint density at radius 1 is 1.19 bits per heavy atom. The highest BCUT2D eigenvalue weighted by Crippen LogP contribution is 2.27. The van der Waals surface area contributed by atoms with Crippen molar-refractivity contribution in [2.75, 3.05) is 6.61 Å². The van der Waals surface area contributed by atoms with E-state index in [2.05, 4.69) is 51.7 Å². The zero-order chi connectivity index (χ0) is 15.3. The second-order valence-corrected chi connectivity index (χ2v) is 6.80. The first kappa shape index (κ1) is 16.1. The fraction of sp³-hybridized carbons (Fsp3) is 0.579. The molecule has 21 heavy (non-hydrogen) atoms. The van der Waals surface area contributed by atoms with Gasteiger partial charge in [-0.2, -0.15) is 0 Å². The van der Waals surface area contributed by atoms with E-state index in [0.717, 1.165) is 6.42 Å². The molecular weight excluding hydrogens is 260 g/mol. The van der Waals surface area contributed by atoms with E-state index in [1.807, 2.05) is 18.2 Å². The van der Waals surface area contributed by atoms with Crippen molar-refractivity contribution in [1.29, 1.82) is 0 Å². The fourth-order valence-electron chi connectivity index (χ4n) is 2.57. The molecule has 1 aliphatic carbocycles. The lowest BCUT2D eigenvalue weighted by Gasteiger charge is -2.36. The summed E-state index contributed by atoms with van der Waals surface area (Å²) in [5.74, 6) is 7.17. The van der Waals surface area contributed by atoms with Crippen LogP contribution in [0.2, 0.25) is 0 Å². The van der Waals surface area contributed by atoms with Gasteiger partial charge in [-0.1, -0.05) is 43.2 Å². The molecule has 1 aliphatic rings. The SMILES string of the molecule is CC1CC#CC(COCc2ccccc2)[C@H]1OC(C)(C)C. The van der Waals surface area contributed by atoms with Crippen LogP contribution in [0, 0.1) is 23.7 Å². The molecule has 0 aromatic heterocycles. The zero-order valence-corrected chi connectivity index (χ0v) is 13.6. The largest absolute Gasteiger partial charge is 0.375 e. The van der Waals surface area contributed by atoms with Crippen LogP contribution in [0.25, 0.3) is 0 Å². The summed E-state index contributed by atoms with van der Waals surface area (Å²) in [5, 5.41) is 0. The summed E-state index contributed by atoms with van der Waals surface area (Å²) in [5.41, 5.74) is 1.05. The molecule has 0 radical (unpaired) electrons. The minimum Gasteiger partial charge on any atom is -0.375 e. The quantitative estimate of drug-likeness (QED) is 0.760. The lowest BCUT2D eigenvalue weighted by atomic mass is 9.86. The summed E-state index contributed by atoms with van der Waals surface area (Å²) in [6, 6.07) is 10.3. The lowest BCUT2D eigenvalue weighted by Crippen LogP contribution is -2.40. The topological polar surface area (TPSA) is 18.5 Å². The summed E-state index contributed by atoms with van der Waals surface area (Å²) in [4.78, 5) is 0. The predicted octanol–water partition coefficient (Wildman–Crippen LogP) is 4.05. The van der Waals surface area contributed by atoms with E-state index in [1.54, 1.807) is 0 Å². The Kier molecular flexibility index (Phi) is 5.45. The van der Waals surface area contributed by atoms with Gasteiger partial charge in [-0.25, -0.2) is 0 Å². The third-order valence-electron chi connectivity index (χ3n) is 3.57. The van der Waals surface area contributed by atoms with Crippen LogP contribution in [0.3, 0.4) is 0 Å². The highest BCUT2D eigenvalue weighted by molar-refractivity contribution is 5.14. The standard InChI is InChI=1S/C19H26O2/c1-15-9-8-12-17(18(15)21-19(2,3)4)14-20-13-16-10-6-5-7-11-16/h5-7,10-11,15,17-18H,9,13-14H2,1-4H3/t15?,17?,18-/m0/s1. The zero-order valence-electron chi connectivity index (χ0n) is 13.6. The van der Waals surface area contributed by atoms with Crippen molar-refractivity contribution in [1.82, 2.24) is 0 Å². The van der Waals surface area contributed by atoms with E-state index in [4.69, 9.17) is 9.47 Å². The number of benzene rings is 1. The molecule has 0 aliphatic heterocycles. The Balaban J connectivity index is 1.91. The number of hydrogen-bond acceptors (Lipinski definition) is 2. The molecule has 0 bridgehead atoms. The van der Waals surface area contributed by atoms with Crippen molar-refractivity contribution in [3.63, 3.8) is 0 Å². The number of ether oxygens (including phenoxy) is 2. The molecule has 114 valence electrons. The van der Waals surface area contributed by atoms with Gasteiger partial charge in [-0.15, -0.1) is 5.92 Å². The van der Waals surface area contributed by atoms with Crippen LogP contribution in [-0.4, -0.2) is 18.3 Å². The van der Waals surface area contributed by atoms with E-state index in [0.29, 0.717) is 19.1 Å². The number of rotatable bonds is 5. The lowest BCUT2D eigenvalue weighted by molar-refractivity contribution is -0.110. The minimum atomic E-state index is -0.143. The maximum Gasteiger partial charge on any atom is 0.0776 e. The van der Waals surface area contributed by atoms with Crippen molar-refractivity contribution in [3.05, 3.63) is 35.9 Å². The highest BCUT2D eigenvalue weighted by atomic mass is 16.5. The van der Waals surface area contributed by atoms with Gasteiger partial charge in [0.25, 0.3) is 0 Å². The van der Waals surface area contributed by atoms with Crippen LogP contribution < -0.4 is 0 Å². The van der Waals surface area contributed by atoms with Crippen molar-refractivity contribution in [2.45, 2.75) is 52.4 Å². The molecule has 0 amide bonds. The Hall–Kier alpha value is -1.30. The summed E-state index contributed by atoms with van der Waals surface area (Å²) < 4.78 is 12.1. The first-order chi connectivity index (χ1) is 9.96. The Bertz CT molecular complexity index is 490. The van der Waals surface area contributed by atoms with Crippen LogP contribution in [0.15, 0.2) is 30.3 Å². The molecule has 0 saturated heterocycles. The molecule has 0 saturated carbocycles. The molecule has 3 atom stereocenters. The molecule has 2 nitrogen and oxygen atoms in total. The average Bonchev–Trinajstić information content (AvgIpc) is 2.42. The third-order valence-corrected chi connectivity index (χ3v) is 3.57. The van der Waals surface area contributed by atoms with Gasteiger partial charge in [-0.05, 0) is 32.3 Å². The van der Waals surface area contributed by atoms with Crippen LogP contribution in [0.1, 0.15) is 39.7 Å². The molecule has 0 heterocycles. The number of hydrogen-bond donors (Lipinski definition) is 0. The first-order valence-corrected chi connectivity index (χ1v) is 7.73. The van der Waals surface area contributed by atoms with Gasteiger partial charge < -0.3 is 9.47 Å². The molecule has 1 aromatic carbocycles. The van der Waals surface area contributed by atoms with Gasteiger partial charge in [0.05, 0.1) is 30.8 Å². The van der Waals surface area contributed by atoms with Crippen LogP contribution >= 0.6 is 0 Å². The molecule has 2 heteroatoms. The van der Waals surface area contributed by atoms with Crippen LogP contribution in [0.5, 0.6) is 0 Å². The van der Waals surface area contributed by atoms with Crippen molar-refractivity contribution < 1.29 is 9.47 Å². The molecule has 0 spiro atoms. The minimum absolute atomic E-state index is 0.143. The molecule has 1 aromatic rings. The second kappa shape index (κ2) is 7.11. The highest BCUT2D eigenvalue weighted by Gasteiger charge is 2.32. The predicted molar refractivity (Wildman–Crippen MR) is 85.8 cm³/mol. The first-order valence-electron chi connectivity index (χ1n) is 7.73. The van der Waals surface area contributed by atoms with Gasteiger partial charge in [0, 0.05) is 6.42 Å². The summed E-state index contributed by atoms with van der Waals surface area (Å²) in [7, 11) is 0. The van der Waals surface area contributed by atoms with Crippen molar-refractivity contribution >= 4 is 0 Å². The van der Waals surface area contributed by atoms with E-state index in [1.165, 1.54) is 5.56 Å². The van der Waals surface area contributed by atoms with Crippen LogP contribution in [-0.2, 0) is 16.1 Å². The van der Waals surface area contributed by atoms with Gasteiger partial charge in [-0.3, -0.25) is 0 Å². The monoisotopic (exact) mass is 286 g/mol. The summed E-state index contributed by atoms with van der Waals surface area (Å²) >= 11 is 0. The van der Waals surface area contributed by atoms with E-state index < -0.39 is 0 Å². The molecular formula is C19H26O2. The Labute approximate surface area is 128 Å². The average molecular weight is 286 g/mol. The van der Waals surface area contributed by atoms with Gasteiger partial charge in [0.1, 0.15) is 0 Å². The van der Waals surface area contributed by atoms with Crippen molar-refractivity contribution in [2.24, 2.45) is 11.8 Å². The molecule has 2 rings (SSSR count). The van der Waals surface area contributed by atoms with Gasteiger partial charge in [0.2, 0.25) is 0 Å². The smallest absolute Gasteiger partial charge is 0.0776 e. The van der Waals surface area contributed by atoms with Gasteiger partial charge >= 0.3 is 0 Å². The Morgan fingerprint density at radius 3 is 2.57 bits per heavy atom. The normalized spacial score (nSPS) is 25.2. The third kappa shape index (κ3) is 5.19. The maximum atomic E-state index is 6.22. The molecule has 0 fully saturated rings. The van der Waals surface area contributed by atoms with Crippen molar-refractivity contribution in [3.8, 4) is 11.8 Å².